The van der Waals surface area contributed by atoms with Crippen molar-refractivity contribution in [2.45, 2.75) is 193 Å². The van der Waals surface area contributed by atoms with Gasteiger partial charge in [-0.25, -0.2) is 0 Å². The van der Waals surface area contributed by atoms with Crippen molar-refractivity contribution in [3.63, 3.8) is 0 Å². The molecule has 4 atom stereocenters. The van der Waals surface area contributed by atoms with Crippen molar-refractivity contribution >= 4 is 0 Å². The summed E-state index contributed by atoms with van der Waals surface area (Å²) >= 11 is 0. The summed E-state index contributed by atoms with van der Waals surface area (Å²) < 4.78 is 0. The summed E-state index contributed by atoms with van der Waals surface area (Å²) in [5.74, 6) is 3.92. The Hall–Kier alpha value is -2.02. The highest BCUT2D eigenvalue weighted by molar-refractivity contribution is 5.17. The minimum atomic E-state index is 0.395. The molecule has 296 valence electrons. The first-order valence-electron chi connectivity index (χ1n) is 20.5. The van der Waals surface area contributed by atoms with Gasteiger partial charge < -0.3 is 5.32 Å². The SMILES string of the molecule is C=C(C)C(C)C.C=C(C)NC(CC1CCCCC1)C(=C)CC(C(=C)C)C1CC1CC.C=CC.C=CCC.C=CCC.CCC.CCC(C)(C)C. The molecule has 2 aliphatic carbocycles. The van der Waals surface area contributed by atoms with Crippen LogP contribution < -0.4 is 5.32 Å². The van der Waals surface area contributed by atoms with Gasteiger partial charge in [0.2, 0.25) is 0 Å². The van der Waals surface area contributed by atoms with Crippen molar-refractivity contribution in [2.75, 3.05) is 0 Å². The predicted octanol–water partition coefficient (Wildman–Crippen LogP) is 17.1. The quantitative estimate of drug-likeness (QED) is 0.189. The number of hydrogen-bond donors (Lipinski definition) is 1. The molecule has 0 aliphatic heterocycles. The Labute approximate surface area is 319 Å². The summed E-state index contributed by atoms with van der Waals surface area (Å²) in [6.45, 7) is 59.1. The number of rotatable bonds is 13. The van der Waals surface area contributed by atoms with E-state index in [1.807, 2.05) is 26.0 Å². The number of allylic oxidation sites excluding steroid dienone is 6. The fourth-order valence-corrected chi connectivity index (χ4v) is 4.73. The first kappa shape index (κ1) is 57.3. The van der Waals surface area contributed by atoms with Crippen LogP contribution in [0.25, 0.3) is 0 Å². The van der Waals surface area contributed by atoms with Crippen LogP contribution in [0, 0.1) is 35.0 Å². The van der Waals surface area contributed by atoms with E-state index in [4.69, 9.17) is 0 Å². The number of nitrogens with one attached hydrogen (secondary N) is 1. The Morgan fingerprint density at radius 2 is 1.16 bits per heavy atom. The van der Waals surface area contributed by atoms with Crippen LogP contribution >= 0.6 is 0 Å². The van der Waals surface area contributed by atoms with Gasteiger partial charge in [-0.05, 0) is 94.8 Å². The van der Waals surface area contributed by atoms with Gasteiger partial charge in [-0.1, -0.05) is 189 Å². The minimum Gasteiger partial charge on any atom is -0.383 e. The smallest absolute Gasteiger partial charge is 0.0470 e. The lowest BCUT2D eigenvalue weighted by molar-refractivity contribution is 0.312. The molecule has 0 heterocycles. The van der Waals surface area contributed by atoms with Gasteiger partial charge in [0, 0.05) is 11.7 Å². The van der Waals surface area contributed by atoms with E-state index in [1.165, 1.54) is 80.9 Å². The van der Waals surface area contributed by atoms with Crippen LogP contribution in [-0.2, 0) is 0 Å². The van der Waals surface area contributed by atoms with Crippen LogP contribution in [0.15, 0.2) is 86.7 Å². The molecule has 0 aromatic carbocycles. The second-order valence-electron chi connectivity index (χ2n) is 16.0. The van der Waals surface area contributed by atoms with Crippen LogP contribution in [0.2, 0.25) is 0 Å². The molecule has 0 aromatic rings. The fraction of sp³-hybridized carbons (Fsp3) is 0.714. The third-order valence-corrected chi connectivity index (χ3v) is 8.96. The molecule has 50 heavy (non-hydrogen) atoms. The van der Waals surface area contributed by atoms with Crippen LogP contribution in [-0.4, -0.2) is 6.04 Å². The second kappa shape index (κ2) is 38.2. The zero-order valence-electron chi connectivity index (χ0n) is 37.3. The molecule has 1 nitrogen and oxygen atoms in total. The zero-order chi connectivity index (χ0) is 40.3. The summed E-state index contributed by atoms with van der Waals surface area (Å²) in [5, 5.41) is 3.63. The normalized spacial score (nSPS) is 16.9. The van der Waals surface area contributed by atoms with Crippen LogP contribution in [0.1, 0.15) is 187 Å². The average Bonchev–Trinajstić information content (AvgIpc) is 3.84. The molecule has 0 spiro atoms. The molecule has 0 aromatic heterocycles. The monoisotopic (exact) mass is 698 g/mol. The van der Waals surface area contributed by atoms with Crippen molar-refractivity contribution in [1.82, 2.24) is 5.32 Å². The molecule has 2 fully saturated rings. The largest absolute Gasteiger partial charge is 0.383 e. The Kier molecular flexibility index (Phi) is 43.8. The van der Waals surface area contributed by atoms with Gasteiger partial charge in [-0.15, -0.1) is 19.7 Å². The molecule has 0 amide bonds. The van der Waals surface area contributed by atoms with E-state index in [9.17, 15) is 0 Å². The molecule has 2 rings (SSSR count). The molecule has 0 bridgehead atoms. The zero-order valence-corrected chi connectivity index (χ0v) is 37.3. The lowest BCUT2D eigenvalue weighted by Gasteiger charge is -2.31. The average molecular weight is 698 g/mol. The Morgan fingerprint density at radius 3 is 1.40 bits per heavy atom. The molecule has 1 heteroatoms. The highest BCUT2D eigenvalue weighted by Gasteiger charge is 2.42. The van der Waals surface area contributed by atoms with Gasteiger partial charge in [-0.3, -0.25) is 0 Å². The van der Waals surface area contributed by atoms with E-state index in [-0.39, 0.29) is 0 Å². The lowest BCUT2D eigenvalue weighted by atomic mass is 9.80. The van der Waals surface area contributed by atoms with E-state index >= 15 is 0 Å². The van der Waals surface area contributed by atoms with E-state index in [0.29, 0.717) is 23.3 Å². The topological polar surface area (TPSA) is 12.0 Å². The highest BCUT2D eigenvalue weighted by atomic mass is 14.9. The van der Waals surface area contributed by atoms with Crippen molar-refractivity contribution in [3.8, 4) is 0 Å². The third-order valence-electron chi connectivity index (χ3n) is 8.96. The standard InChI is InChI=1S/C23H39N.C6H14.C6H12.2C4H8.C3H8.C3H6/c1-7-20-15-22(20)21(16(2)3)13-18(6)23(24-17(4)5)14-19-11-9-8-10-12-19;1-5-6(2,3)4;1-5(2)6(3)4;2*1-3-4-2;2*1-3-2/h19-24H,2,4,6-15H2,1,3,5H3;5H2,1-4H3;6H,1H2,2-4H3;2*3H,1,4H2,2H3;3H2,1-2H3;3H,1H2,2H3. The molecule has 4 unspecified atom stereocenters. The first-order chi connectivity index (χ1) is 23.3. The van der Waals surface area contributed by atoms with E-state index < -0.39 is 0 Å². The van der Waals surface area contributed by atoms with E-state index in [1.54, 1.807) is 6.08 Å². The van der Waals surface area contributed by atoms with Gasteiger partial charge >= 0.3 is 0 Å². The number of hydrogen-bond acceptors (Lipinski definition) is 1. The third kappa shape index (κ3) is 42.1. The fourth-order valence-electron chi connectivity index (χ4n) is 4.73. The maximum Gasteiger partial charge on any atom is 0.0470 e. The maximum absolute atomic E-state index is 4.51. The molecular weight excluding hydrogens is 603 g/mol. The van der Waals surface area contributed by atoms with E-state index in [2.05, 4.69) is 141 Å². The molecule has 0 saturated heterocycles. The van der Waals surface area contributed by atoms with Crippen molar-refractivity contribution in [2.24, 2.45) is 35.0 Å². The predicted molar refractivity (Wildman–Crippen MR) is 239 cm³/mol. The Bertz CT molecular complexity index is 833. The van der Waals surface area contributed by atoms with Crippen molar-refractivity contribution < 1.29 is 0 Å². The Morgan fingerprint density at radius 1 is 0.780 bits per heavy atom. The summed E-state index contributed by atoms with van der Waals surface area (Å²) in [6.07, 6.45) is 22.3. The first-order valence-corrected chi connectivity index (χ1v) is 20.5. The van der Waals surface area contributed by atoms with Crippen LogP contribution in [0.4, 0.5) is 0 Å². The lowest BCUT2D eigenvalue weighted by Crippen LogP contribution is -2.32. The summed E-state index contributed by atoms with van der Waals surface area (Å²) in [4.78, 5) is 0. The minimum absolute atomic E-state index is 0.395. The maximum atomic E-state index is 4.51. The summed E-state index contributed by atoms with van der Waals surface area (Å²) in [6, 6.07) is 0.395. The van der Waals surface area contributed by atoms with Crippen LogP contribution in [0.3, 0.4) is 0 Å². The summed E-state index contributed by atoms with van der Waals surface area (Å²) in [7, 11) is 0. The van der Waals surface area contributed by atoms with Gasteiger partial charge in [0.15, 0.2) is 0 Å². The van der Waals surface area contributed by atoms with Gasteiger partial charge in [-0.2, -0.15) is 0 Å². The molecule has 2 saturated carbocycles. The van der Waals surface area contributed by atoms with Crippen molar-refractivity contribution in [3.05, 3.63) is 86.7 Å². The highest BCUT2D eigenvalue weighted by Crippen LogP contribution is 2.50. The van der Waals surface area contributed by atoms with Crippen LogP contribution in [0.5, 0.6) is 0 Å². The molecule has 1 N–H and O–H groups in total. The van der Waals surface area contributed by atoms with Gasteiger partial charge in [0.05, 0.1) is 0 Å². The van der Waals surface area contributed by atoms with Gasteiger partial charge in [0.25, 0.3) is 0 Å². The molecular formula is C49H95N. The van der Waals surface area contributed by atoms with Gasteiger partial charge in [0.1, 0.15) is 0 Å². The van der Waals surface area contributed by atoms with Crippen molar-refractivity contribution in [1.29, 1.82) is 0 Å². The molecule has 2 aliphatic rings. The second-order valence-corrected chi connectivity index (χ2v) is 16.0. The van der Waals surface area contributed by atoms with E-state index in [0.717, 1.165) is 42.7 Å². The molecule has 0 radical (unpaired) electrons. The summed E-state index contributed by atoms with van der Waals surface area (Å²) in [5.41, 5.74) is 5.60. The Balaban J connectivity index is -0.000000211.